The van der Waals surface area contributed by atoms with Crippen LogP contribution in [0.1, 0.15) is 44.2 Å². The molecule has 1 aliphatic carbocycles. The highest BCUT2D eigenvalue weighted by atomic mass is 16.2. The minimum atomic E-state index is -0.476. The number of rotatable bonds is 7. The molecule has 1 aliphatic heterocycles. The third-order valence-electron chi connectivity index (χ3n) is 6.67. The van der Waals surface area contributed by atoms with E-state index in [1.807, 2.05) is 35.2 Å². The predicted molar refractivity (Wildman–Crippen MR) is 120 cm³/mol. The second kappa shape index (κ2) is 10.7. The summed E-state index contributed by atoms with van der Waals surface area (Å²) in [6.07, 6.45) is 6.57. The Hall–Kier alpha value is -2.81. The zero-order chi connectivity index (χ0) is 22.3. The summed E-state index contributed by atoms with van der Waals surface area (Å²) in [6.45, 7) is 5.25. The van der Waals surface area contributed by atoms with Crippen molar-refractivity contribution in [3.8, 4) is 0 Å². The molecule has 4 rings (SSSR count). The summed E-state index contributed by atoms with van der Waals surface area (Å²) in [7, 11) is 0. The van der Waals surface area contributed by atoms with Gasteiger partial charge in [0.2, 0.25) is 11.8 Å². The van der Waals surface area contributed by atoms with E-state index >= 15 is 0 Å². The fourth-order valence-electron chi connectivity index (χ4n) is 4.66. The lowest BCUT2D eigenvalue weighted by Gasteiger charge is -2.36. The molecule has 1 saturated heterocycles. The van der Waals surface area contributed by atoms with Crippen molar-refractivity contribution in [1.29, 1.82) is 0 Å². The van der Waals surface area contributed by atoms with Gasteiger partial charge in [0.25, 0.3) is 0 Å². The molecule has 2 aliphatic rings. The first-order valence-corrected chi connectivity index (χ1v) is 11.7. The summed E-state index contributed by atoms with van der Waals surface area (Å²) in [5, 5.41) is 14.6. The summed E-state index contributed by atoms with van der Waals surface area (Å²) in [5.74, 6) is 0.884. The Labute approximate surface area is 189 Å². The largest absolute Gasteiger partial charge is 0.352 e. The molecular weight excluding hydrogens is 406 g/mol. The van der Waals surface area contributed by atoms with Crippen molar-refractivity contribution in [3.63, 3.8) is 0 Å². The molecule has 172 valence electrons. The number of piperazine rings is 1. The Morgan fingerprint density at radius 1 is 1.06 bits per heavy atom. The maximum atomic E-state index is 13.3. The molecule has 9 nitrogen and oxygen atoms in total. The first kappa shape index (κ1) is 22.4. The van der Waals surface area contributed by atoms with Crippen molar-refractivity contribution >= 4 is 11.8 Å². The molecule has 1 aromatic carbocycles. The van der Waals surface area contributed by atoms with E-state index in [0.29, 0.717) is 45.2 Å². The molecule has 1 unspecified atom stereocenters. The van der Waals surface area contributed by atoms with E-state index in [1.165, 1.54) is 19.2 Å². The minimum Gasteiger partial charge on any atom is -0.352 e. The summed E-state index contributed by atoms with van der Waals surface area (Å²) in [4.78, 5) is 29.8. The van der Waals surface area contributed by atoms with Crippen LogP contribution in [-0.2, 0) is 16.0 Å². The highest BCUT2D eigenvalue weighted by molar-refractivity contribution is 5.81. The second-order valence-corrected chi connectivity index (χ2v) is 9.12. The number of nitrogens with zero attached hydrogens (tertiary/aromatic N) is 6. The van der Waals surface area contributed by atoms with Crippen molar-refractivity contribution in [2.24, 2.45) is 5.92 Å². The molecule has 1 saturated carbocycles. The van der Waals surface area contributed by atoms with Crippen LogP contribution in [0.5, 0.6) is 0 Å². The Morgan fingerprint density at radius 2 is 1.78 bits per heavy atom. The van der Waals surface area contributed by atoms with Gasteiger partial charge in [-0.25, -0.2) is 4.68 Å². The first-order valence-electron chi connectivity index (χ1n) is 11.7. The molecule has 0 bridgehead atoms. The van der Waals surface area contributed by atoms with Crippen LogP contribution >= 0.6 is 0 Å². The van der Waals surface area contributed by atoms with Crippen molar-refractivity contribution in [1.82, 2.24) is 35.3 Å². The quantitative estimate of drug-likeness (QED) is 0.699. The number of aromatic nitrogens is 4. The van der Waals surface area contributed by atoms with Gasteiger partial charge < -0.3 is 10.2 Å². The summed E-state index contributed by atoms with van der Waals surface area (Å²) in [5.41, 5.74) is 1.06. The summed E-state index contributed by atoms with van der Waals surface area (Å²) < 4.78 is 1.54. The lowest BCUT2D eigenvalue weighted by atomic mass is 9.87. The number of hydrogen-bond donors (Lipinski definition) is 1. The number of hydrogen-bond acceptors (Lipinski definition) is 6. The van der Waals surface area contributed by atoms with Gasteiger partial charge in [0.1, 0.15) is 12.4 Å². The zero-order valence-electron chi connectivity index (χ0n) is 18.8. The molecule has 0 radical (unpaired) electrons. The predicted octanol–water partition coefficient (Wildman–Crippen LogP) is 1.30. The van der Waals surface area contributed by atoms with E-state index in [4.69, 9.17) is 0 Å². The molecule has 1 N–H and O–H groups in total. The van der Waals surface area contributed by atoms with Gasteiger partial charge >= 0.3 is 0 Å². The summed E-state index contributed by atoms with van der Waals surface area (Å²) >= 11 is 0. The van der Waals surface area contributed by atoms with Crippen LogP contribution in [0.4, 0.5) is 0 Å². The molecular formula is C23H33N7O2. The Kier molecular flexibility index (Phi) is 7.47. The number of tetrazole rings is 1. The van der Waals surface area contributed by atoms with Crippen LogP contribution in [0.3, 0.4) is 0 Å². The number of carbonyl (C=O) groups excluding carboxylic acids is 2. The standard InChI is InChI=1S/C23H33N7O2/c1-18-7-9-20(10-8-18)25-22(31)16-28-11-13-29(14-12-28)23(32)21(30-17-24-26-27-30)15-19-5-3-2-4-6-19/h2-6,17-18,20-21H,7-16H2,1H3,(H,25,31). The Morgan fingerprint density at radius 3 is 2.44 bits per heavy atom. The van der Waals surface area contributed by atoms with Crippen molar-refractivity contribution < 1.29 is 9.59 Å². The number of amides is 2. The van der Waals surface area contributed by atoms with Crippen molar-refractivity contribution in [3.05, 3.63) is 42.2 Å². The lowest BCUT2D eigenvalue weighted by Crippen LogP contribution is -2.53. The fourth-order valence-corrected chi connectivity index (χ4v) is 4.66. The topological polar surface area (TPSA) is 96.2 Å². The second-order valence-electron chi connectivity index (χ2n) is 9.12. The van der Waals surface area contributed by atoms with Crippen LogP contribution < -0.4 is 5.32 Å². The van der Waals surface area contributed by atoms with Crippen LogP contribution in [-0.4, -0.2) is 80.6 Å². The monoisotopic (exact) mass is 439 g/mol. The fraction of sp³-hybridized carbons (Fsp3) is 0.609. The number of benzene rings is 1. The van der Waals surface area contributed by atoms with E-state index in [1.54, 1.807) is 4.68 Å². The molecule has 0 spiro atoms. The average Bonchev–Trinajstić information content (AvgIpc) is 3.34. The van der Waals surface area contributed by atoms with Gasteiger partial charge in [0.15, 0.2) is 0 Å². The Balaban J connectivity index is 1.28. The van der Waals surface area contributed by atoms with E-state index in [0.717, 1.165) is 24.3 Å². The van der Waals surface area contributed by atoms with Gasteiger partial charge in [0.05, 0.1) is 6.54 Å². The maximum Gasteiger partial charge on any atom is 0.248 e. The smallest absolute Gasteiger partial charge is 0.248 e. The average molecular weight is 440 g/mol. The number of nitrogens with one attached hydrogen (secondary N) is 1. The van der Waals surface area contributed by atoms with Gasteiger partial charge in [-0.05, 0) is 47.6 Å². The normalized spacial score (nSPS) is 23.0. The first-order chi connectivity index (χ1) is 15.6. The van der Waals surface area contributed by atoms with Crippen LogP contribution in [0.25, 0.3) is 0 Å². The summed E-state index contributed by atoms with van der Waals surface area (Å²) in [6, 6.07) is 9.75. The van der Waals surface area contributed by atoms with Crippen LogP contribution in [0.2, 0.25) is 0 Å². The van der Waals surface area contributed by atoms with E-state index in [2.05, 4.69) is 32.7 Å². The molecule has 2 aromatic rings. The SMILES string of the molecule is CC1CCC(NC(=O)CN2CCN(C(=O)C(Cc3ccccc3)n3cnnn3)CC2)CC1. The number of carbonyl (C=O) groups is 2. The maximum absolute atomic E-state index is 13.3. The molecule has 2 amide bonds. The highest BCUT2D eigenvalue weighted by Gasteiger charge is 2.30. The Bertz CT molecular complexity index is 858. The van der Waals surface area contributed by atoms with Crippen molar-refractivity contribution in [2.75, 3.05) is 32.7 Å². The third-order valence-corrected chi connectivity index (χ3v) is 6.67. The molecule has 9 heteroatoms. The molecule has 1 aromatic heterocycles. The van der Waals surface area contributed by atoms with E-state index in [9.17, 15) is 9.59 Å². The minimum absolute atomic E-state index is 0.0154. The van der Waals surface area contributed by atoms with E-state index < -0.39 is 6.04 Å². The van der Waals surface area contributed by atoms with Gasteiger partial charge in [-0.3, -0.25) is 14.5 Å². The molecule has 32 heavy (non-hydrogen) atoms. The van der Waals surface area contributed by atoms with Gasteiger partial charge in [-0.1, -0.05) is 37.3 Å². The van der Waals surface area contributed by atoms with Gasteiger partial charge in [0, 0.05) is 38.6 Å². The lowest BCUT2D eigenvalue weighted by molar-refractivity contribution is -0.137. The molecule has 2 fully saturated rings. The van der Waals surface area contributed by atoms with Crippen LogP contribution in [0.15, 0.2) is 36.7 Å². The molecule has 2 heterocycles. The van der Waals surface area contributed by atoms with E-state index in [-0.39, 0.29) is 11.8 Å². The van der Waals surface area contributed by atoms with Gasteiger partial charge in [-0.15, -0.1) is 5.10 Å². The zero-order valence-corrected chi connectivity index (χ0v) is 18.8. The third kappa shape index (κ3) is 5.91. The highest BCUT2D eigenvalue weighted by Crippen LogP contribution is 2.23. The van der Waals surface area contributed by atoms with Crippen LogP contribution in [0, 0.1) is 5.92 Å². The molecule has 1 atom stereocenters. The van der Waals surface area contributed by atoms with Gasteiger partial charge in [-0.2, -0.15) is 0 Å². The van der Waals surface area contributed by atoms with Crippen molar-refractivity contribution in [2.45, 2.75) is 51.1 Å².